The average Bonchev–Trinajstić information content (AvgIpc) is 2.75. The summed E-state index contributed by atoms with van der Waals surface area (Å²) in [5.41, 5.74) is 1.55. The van der Waals surface area contributed by atoms with Gasteiger partial charge in [0.2, 0.25) is 0 Å². The summed E-state index contributed by atoms with van der Waals surface area (Å²) in [6.45, 7) is 7.08. The Balaban J connectivity index is 1.97. The van der Waals surface area contributed by atoms with Gasteiger partial charge in [0.15, 0.2) is 0 Å². The number of anilines is 1. The molecule has 2 rings (SSSR count). The second-order valence-corrected chi connectivity index (χ2v) is 6.25. The summed E-state index contributed by atoms with van der Waals surface area (Å²) in [6.07, 6.45) is 7.53. The molecule has 4 nitrogen and oxygen atoms in total. The van der Waals surface area contributed by atoms with E-state index in [9.17, 15) is 4.79 Å². The third-order valence-electron chi connectivity index (χ3n) is 3.92. The number of likely N-dealkylation sites (tertiary alicyclic amines) is 1. The molecule has 0 aromatic carbocycles. The predicted octanol–water partition coefficient (Wildman–Crippen LogP) is 3.56. The predicted molar refractivity (Wildman–Crippen MR) is 86.6 cm³/mol. The first-order valence-corrected chi connectivity index (χ1v) is 8.16. The largest absolute Gasteiger partial charge is 0.385 e. The van der Waals surface area contributed by atoms with E-state index in [4.69, 9.17) is 0 Å². The molecule has 1 fully saturated rings. The van der Waals surface area contributed by atoms with Crippen molar-refractivity contribution < 1.29 is 4.79 Å². The number of hydrogen-bond acceptors (Lipinski definition) is 3. The quantitative estimate of drug-likeness (QED) is 0.901. The maximum atomic E-state index is 12.5. The summed E-state index contributed by atoms with van der Waals surface area (Å²) in [5, 5.41) is 3.38. The first-order chi connectivity index (χ1) is 10.2. The molecule has 1 amide bonds. The molecule has 0 radical (unpaired) electrons. The number of pyridine rings is 1. The maximum absolute atomic E-state index is 12.5. The molecule has 1 N–H and O–H groups in total. The van der Waals surface area contributed by atoms with Gasteiger partial charge in [0.25, 0.3) is 5.91 Å². The standard InChI is InChI=1S/C17H27N3O/c1-14(2)7-9-18-15-8-10-19-16(13-15)17(21)20-11-5-3-4-6-12-20/h8,10,13-14H,3-7,9,11-12H2,1-2H3,(H,18,19). The highest BCUT2D eigenvalue weighted by atomic mass is 16.2. The number of rotatable bonds is 5. The van der Waals surface area contributed by atoms with Crippen molar-refractivity contribution in [1.82, 2.24) is 9.88 Å². The van der Waals surface area contributed by atoms with Crippen molar-refractivity contribution in [3.05, 3.63) is 24.0 Å². The van der Waals surface area contributed by atoms with Gasteiger partial charge in [0, 0.05) is 31.5 Å². The number of nitrogens with zero attached hydrogens (tertiary/aromatic N) is 2. The molecule has 1 aliphatic heterocycles. The van der Waals surface area contributed by atoms with Crippen molar-refractivity contribution in [1.29, 1.82) is 0 Å². The molecule has 0 spiro atoms. The van der Waals surface area contributed by atoms with E-state index in [0.29, 0.717) is 11.6 Å². The molecule has 1 aromatic heterocycles. The Bertz CT molecular complexity index is 451. The zero-order valence-corrected chi connectivity index (χ0v) is 13.3. The summed E-state index contributed by atoms with van der Waals surface area (Å²) >= 11 is 0. The zero-order valence-electron chi connectivity index (χ0n) is 13.3. The van der Waals surface area contributed by atoms with Crippen LogP contribution in [0.25, 0.3) is 0 Å². The molecule has 4 heteroatoms. The normalized spacial score (nSPS) is 15.9. The molecule has 116 valence electrons. The van der Waals surface area contributed by atoms with Crippen LogP contribution in [-0.2, 0) is 0 Å². The molecule has 0 saturated carbocycles. The fourth-order valence-electron chi connectivity index (χ4n) is 2.60. The second-order valence-electron chi connectivity index (χ2n) is 6.25. The van der Waals surface area contributed by atoms with Gasteiger partial charge < -0.3 is 10.2 Å². The van der Waals surface area contributed by atoms with Crippen molar-refractivity contribution in [2.45, 2.75) is 46.0 Å². The molecule has 0 bridgehead atoms. The smallest absolute Gasteiger partial charge is 0.272 e. The van der Waals surface area contributed by atoms with Crippen LogP contribution in [0.4, 0.5) is 5.69 Å². The third kappa shape index (κ3) is 5.03. The molecule has 2 heterocycles. The van der Waals surface area contributed by atoms with Crippen molar-refractivity contribution in [3.63, 3.8) is 0 Å². The minimum absolute atomic E-state index is 0.0735. The van der Waals surface area contributed by atoms with Gasteiger partial charge >= 0.3 is 0 Å². The lowest BCUT2D eigenvalue weighted by Gasteiger charge is -2.20. The summed E-state index contributed by atoms with van der Waals surface area (Å²) in [7, 11) is 0. The average molecular weight is 289 g/mol. The van der Waals surface area contributed by atoms with Crippen LogP contribution in [0.2, 0.25) is 0 Å². The third-order valence-corrected chi connectivity index (χ3v) is 3.92. The molecule has 21 heavy (non-hydrogen) atoms. The number of amides is 1. The van der Waals surface area contributed by atoms with E-state index < -0.39 is 0 Å². The van der Waals surface area contributed by atoms with Crippen LogP contribution in [0.1, 0.15) is 56.4 Å². The molecular weight excluding hydrogens is 262 g/mol. The molecule has 0 atom stereocenters. The van der Waals surface area contributed by atoms with Crippen molar-refractivity contribution in [3.8, 4) is 0 Å². The van der Waals surface area contributed by atoms with E-state index >= 15 is 0 Å². The Morgan fingerprint density at radius 3 is 2.67 bits per heavy atom. The van der Waals surface area contributed by atoms with E-state index in [1.54, 1.807) is 6.20 Å². The first-order valence-electron chi connectivity index (χ1n) is 8.16. The van der Waals surface area contributed by atoms with Gasteiger partial charge in [-0.2, -0.15) is 0 Å². The van der Waals surface area contributed by atoms with E-state index in [2.05, 4.69) is 24.1 Å². The first kappa shape index (κ1) is 15.8. The van der Waals surface area contributed by atoms with E-state index in [1.165, 1.54) is 12.8 Å². The number of carbonyl (C=O) groups excluding carboxylic acids is 1. The summed E-state index contributed by atoms with van der Waals surface area (Å²) < 4.78 is 0. The fourth-order valence-corrected chi connectivity index (χ4v) is 2.60. The molecule has 1 aromatic rings. The molecular formula is C17H27N3O. The Hall–Kier alpha value is -1.58. The number of nitrogens with one attached hydrogen (secondary N) is 1. The molecule has 1 aliphatic rings. The van der Waals surface area contributed by atoms with Crippen LogP contribution in [-0.4, -0.2) is 35.4 Å². The van der Waals surface area contributed by atoms with E-state index in [-0.39, 0.29) is 5.91 Å². The van der Waals surface area contributed by atoms with Crippen molar-refractivity contribution in [2.24, 2.45) is 5.92 Å². The summed E-state index contributed by atoms with van der Waals surface area (Å²) in [5.74, 6) is 0.752. The van der Waals surface area contributed by atoms with Crippen LogP contribution in [0.15, 0.2) is 18.3 Å². The van der Waals surface area contributed by atoms with Gasteiger partial charge in [-0.15, -0.1) is 0 Å². The minimum Gasteiger partial charge on any atom is -0.385 e. The molecule has 0 unspecified atom stereocenters. The maximum Gasteiger partial charge on any atom is 0.272 e. The highest BCUT2D eigenvalue weighted by molar-refractivity contribution is 5.93. The Kier molecular flexibility index (Phi) is 6.03. The van der Waals surface area contributed by atoms with Gasteiger partial charge in [-0.1, -0.05) is 26.7 Å². The van der Waals surface area contributed by atoms with Crippen LogP contribution < -0.4 is 5.32 Å². The van der Waals surface area contributed by atoms with Crippen LogP contribution >= 0.6 is 0 Å². The lowest BCUT2D eigenvalue weighted by molar-refractivity contribution is 0.0756. The Morgan fingerprint density at radius 2 is 2.00 bits per heavy atom. The molecule has 0 aliphatic carbocycles. The summed E-state index contributed by atoms with van der Waals surface area (Å²) in [6, 6.07) is 3.81. The van der Waals surface area contributed by atoms with Crippen molar-refractivity contribution in [2.75, 3.05) is 25.0 Å². The SMILES string of the molecule is CC(C)CCNc1ccnc(C(=O)N2CCCCCC2)c1. The monoisotopic (exact) mass is 289 g/mol. The van der Waals surface area contributed by atoms with E-state index in [1.807, 2.05) is 17.0 Å². The van der Waals surface area contributed by atoms with E-state index in [0.717, 1.165) is 44.6 Å². The van der Waals surface area contributed by atoms with Gasteiger partial charge in [-0.3, -0.25) is 9.78 Å². The number of carbonyl (C=O) groups is 1. The Labute approximate surface area is 127 Å². The topological polar surface area (TPSA) is 45.2 Å². The van der Waals surface area contributed by atoms with Crippen LogP contribution in [0, 0.1) is 5.92 Å². The highest BCUT2D eigenvalue weighted by Gasteiger charge is 2.18. The van der Waals surface area contributed by atoms with Gasteiger partial charge in [0.05, 0.1) is 0 Å². The molecule has 1 saturated heterocycles. The van der Waals surface area contributed by atoms with Gasteiger partial charge in [-0.05, 0) is 37.3 Å². The second kappa shape index (κ2) is 8.01. The van der Waals surface area contributed by atoms with Crippen LogP contribution in [0.3, 0.4) is 0 Å². The fraction of sp³-hybridized carbons (Fsp3) is 0.647. The van der Waals surface area contributed by atoms with Gasteiger partial charge in [0.1, 0.15) is 5.69 Å². The zero-order chi connectivity index (χ0) is 15.1. The van der Waals surface area contributed by atoms with Crippen molar-refractivity contribution >= 4 is 11.6 Å². The number of aromatic nitrogens is 1. The Morgan fingerprint density at radius 1 is 1.29 bits per heavy atom. The van der Waals surface area contributed by atoms with Gasteiger partial charge in [-0.25, -0.2) is 0 Å². The van der Waals surface area contributed by atoms with Crippen LogP contribution in [0.5, 0.6) is 0 Å². The summed E-state index contributed by atoms with van der Waals surface area (Å²) in [4.78, 5) is 18.7. The highest BCUT2D eigenvalue weighted by Crippen LogP contribution is 2.15. The lowest BCUT2D eigenvalue weighted by atomic mass is 10.1. The lowest BCUT2D eigenvalue weighted by Crippen LogP contribution is -2.32. The minimum atomic E-state index is 0.0735. The number of hydrogen-bond donors (Lipinski definition) is 1.